The maximum atomic E-state index is 4.10. The van der Waals surface area contributed by atoms with Gasteiger partial charge in [0.25, 0.3) is 0 Å². The molecule has 0 N–H and O–H groups in total. The summed E-state index contributed by atoms with van der Waals surface area (Å²) in [5.74, 6) is 0.943. The summed E-state index contributed by atoms with van der Waals surface area (Å²) in [4.78, 5) is 0. The lowest BCUT2D eigenvalue weighted by Gasteiger charge is -2.25. The van der Waals surface area contributed by atoms with Crippen molar-refractivity contribution in [1.29, 1.82) is 0 Å². The van der Waals surface area contributed by atoms with Crippen LogP contribution in [-0.4, -0.2) is 5.66 Å². The highest BCUT2D eigenvalue weighted by molar-refractivity contribution is 4.88. The van der Waals surface area contributed by atoms with Crippen LogP contribution in [0.15, 0.2) is 20.7 Å². The zero-order valence-electron chi connectivity index (χ0n) is 8.15. The highest BCUT2D eigenvalue weighted by atomic mass is 15.6. The number of hydrogen-bond acceptors (Lipinski definition) is 4. The Morgan fingerprint density at radius 1 is 1.00 bits per heavy atom. The number of nitrogens with zero attached hydrogens (tertiary/aromatic N) is 4. The molecule has 4 nitrogen and oxygen atoms in total. The first kappa shape index (κ1) is 9.29. The molecule has 0 unspecified atom stereocenters. The summed E-state index contributed by atoms with van der Waals surface area (Å²) in [6.45, 7) is 8.53. The van der Waals surface area contributed by atoms with Crippen molar-refractivity contribution in [3.8, 4) is 0 Å². The summed E-state index contributed by atoms with van der Waals surface area (Å²) in [6.07, 6.45) is 0.928. The summed E-state index contributed by atoms with van der Waals surface area (Å²) in [5, 5.41) is 15.4. The molecule has 4 heteroatoms. The van der Waals surface area contributed by atoms with E-state index in [1.807, 2.05) is 0 Å². The van der Waals surface area contributed by atoms with Crippen LogP contribution in [-0.2, 0) is 0 Å². The summed E-state index contributed by atoms with van der Waals surface area (Å²) in [6, 6.07) is 0. The molecule has 0 amide bonds. The minimum absolute atomic E-state index is 0.367. The predicted molar refractivity (Wildman–Crippen MR) is 46.7 cm³/mol. The number of hydrogen-bond donors (Lipinski definition) is 0. The maximum Gasteiger partial charge on any atom is 0.197 e. The lowest BCUT2D eigenvalue weighted by molar-refractivity contribution is 0.265. The third-order valence-electron chi connectivity index (χ3n) is 2.11. The van der Waals surface area contributed by atoms with Gasteiger partial charge in [0.2, 0.25) is 0 Å². The van der Waals surface area contributed by atoms with Gasteiger partial charge in [0.1, 0.15) is 0 Å². The molecule has 1 aliphatic heterocycles. The standard InChI is InChI=1S/C8H16N4/c1-6(2)5-8(7(3)4)9-11-12-10-8/h6-7H,5H2,1-4H3. The van der Waals surface area contributed by atoms with Gasteiger partial charge in [-0.2, -0.15) is 0 Å². The molecule has 0 aromatic rings. The van der Waals surface area contributed by atoms with Crippen molar-refractivity contribution in [2.24, 2.45) is 32.5 Å². The van der Waals surface area contributed by atoms with E-state index in [0.717, 1.165) is 6.42 Å². The van der Waals surface area contributed by atoms with Gasteiger partial charge in [-0.25, -0.2) is 0 Å². The molecule has 0 atom stereocenters. The smallest absolute Gasteiger partial charge is 0.134 e. The Morgan fingerprint density at radius 2 is 1.50 bits per heavy atom. The Morgan fingerprint density at radius 3 is 1.83 bits per heavy atom. The third-order valence-corrected chi connectivity index (χ3v) is 2.11. The van der Waals surface area contributed by atoms with E-state index in [4.69, 9.17) is 0 Å². The topological polar surface area (TPSA) is 49.4 Å². The van der Waals surface area contributed by atoms with Crippen molar-refractivity contribution in [2.45, 2.75) is 39.8 Å². The van der Waals surface area contributed by atoms with E-state index >= 15 is 0 Å². The SMILES string of the molecule is CC(C)CC1(C(C)C)N=NN=N1. The van der Waals surface area contributed by atoms with Gasteiger partial charge in [-0.05, 0) is 22.8 Å². The van der Waals surface area contributed by atoms with Crippen molar-refractivity contribution < 1.29 is 0 Å². The van der Waals surface area contributed by atoms with Crippen LogP contribution >= 0.6 is 0 Å². The highest BCUT2D eigenvalue weighted by Gasteiger charge is 2.37. The zero-order chi connectivity index (χ0) is 9.19. The first-order chi connectivity index (χ1) is 5.57. The Balaban J connectivity index is 2.74. The first-order valence-corrected chi connectivity index (χ1v) is 4.41. The quantitative estimate of drug-likeness (QED) is 0.621. The fraction of sp³-hybridized carbons (Fsp3) is 1.00. The highest BCUT2D eigenvalue weighted by Crippen LogP contribution is 2.34. The Labute approximate surface area is 73.2 Å². The number of rotatable bonds is 3. The van der Waals surface area contributed by atoms with Crippen LogP contribution in [0.2, 0.25) is 0 Å². The van der Waals surface area contributed by atoms with E-state index < -0.39 is 0 Å². The molecule has 0 fully saturated rings. The average molecular weight is 168 g/mol. The molecule has 68 valence electrons. The van der Waals surface area contributed by atoms with Gasteiger partial charge in [-0.1, -0.05) is 27.7 Å². The molecule has 0 radical (unpaired) electrons. The van der Waals surface area contributed by atoms with Crippen LogP contribution in [0.1, 0.15) is 34.1 Å². The second-order valence-electron chi connectivity index (χ2n) is 4.01. The van der Waals surface area contributed by atoms with Gasteiger partial charge in [-0.3, -0.25) is 0 Å². The van der Waals surface area contributed by atoms with Gasteiger partial charge >= 0.3 is 0 Å². The largest absolute Gasteiger partial charge is 0.197 e. The Bertz CT molecular complexity index is 193. The maximum absolute atomic E-state index is 4.10. The molecule has 1 rings (SSSR count). The minimum Gasteiger partial charge on any atom is -0.134 e. The molecule has 0 saturated heterocycles. The zero-order valence-corrected chi connectivity index (χ0v) is 8.15. The fourth-order valence-electron chi connectivity index (χ4n) is 1.36. The van der Waals surface area contributed by atoms with Gasteiger partial charge in [0, 0.05) is 5.92 Å². The molecular formula is C8H16N4. The van der Waals surface area contributed by atoms with Crippen LogP contribution in [0.3, 0.4) is 0 Å². The van der Waals surface area contributed by atoms with E-state index in [9.17, 15) is 0 Å². The van der Waals surface area contributed by atoms with Crippen LogP contribution in [0.25, 0.3) is 0 Å². The fourth-order valence-corrected chi connectivity index (χ4v) is 1.36. The van der Waals surface area contributed by atoms with Crippen molar-refractivity contribution in [1.82, 2.24) is 0 Å². The summed E-state index contributed by atoms with van der Waals surface area (Å²) in [7, 11) is 0. The lowest BCUT2D eigenvalue weighted by atomic mass is 9.89. The van der Waals surface area contributed by atoms with Crippen LogP contribution in [0, 0.1) is 11.8 Å². The van der Waals surface area contributed by atoms with Gasteiger partial charge in [-0.15, -0.1) is 10.2 Å². The van der Waals surface area contributed by atoms with E-state index in [1.54, 1.807) is 0 Å². The second-order valence-corrected chi connectivity index (χ2v) is 4.01. The summed E-state index contributed by atoms with van der Waals surface area (Å²) >= 11 is 0. The molecule has 12 heavy (non-hydrogen) atoms. The van der Waals surface area contributed by atoms with E-state index in [-0.39, 0.29) is 5.66 Å². The normalized spacial score (nSPS) is 19.8. The van der Waals surface area contributed by atoms with Crippen LogP contribution in [0.4, 0.5) is 0 Å². The predicted octanol–water partition coefficient (Wildman–Crippen LogP) is 3.22. The van der Waals surface area contributed by atoms with Crippen LogP contribution in [0.5, 0.6) is 0 Å². The van der Waals surface area contributed by atoms with Gasteiger partial charge in [0.15, 0.2) is 5.66 Å². The van der Waals surface area contributed by atoms with Crippen molar-refractivity contribution in [3.63, 3.8) is 0 Å². The molecule has 0 aromatic carbocycles. The second kappa shape index (κ2) is 3.29. The van der Waals surface area contributed by atoms with Crippen LogP contribution < -0.4 is 0 Å². The summed E-state index contributed by atoms with van der Waals surface area (Å²) < 4.78 is 0. The molecular weight excluding hydrogens is 152 g/mol. The van der Waals surface area contributed by atoms with Crippen molar-refractivity contribution >= 4 is 0 Å². The molecule has 0 spiro atoms. The van der Waals surface area contributed by atoms with Gasteiger partial charge < -0.3 is 0 Å². The molecule has 0 aliphatic carbocycles. The first-order valence-electron chi connectivity index (χ1n) is 4.41. The molecule has 1 heterocycles. The Kier molecular flexibility index (Phi) is 2.55. The monoisotopic (exact) mass is 168 g/mol. The van der Waals surface area contributed by atoms with E-state index in [1.165, 1.54) is 0 Å². The average Bonchev–Trinajstić information content (AvgIpc) is 2.35. The molecule has 0 bridgehead atoms. The van der Waals surface area contributed by atoms with Crippen molar-refractivity contribution in [3.05, 3.63) is 0 Å². The molecule has 1 aliphatic rings. The van der Waals surface area contributed by atoms with Gasteiger partial charge in [0.05, 0.1) is 0 Å². The van der Waals surface area contributed by atoms with E-state index in [2.05, 4.69) is 48.4 Å². The third kappa shape index (κ3) is 1.68. The summed E-state index contributed by atoms with van der Waals surface area (Å²) in [5.41, 5.74) is -0.367. The molecule has 0 aromatic heterocycles. The minimum atomic E-state index is -0.367. The molecule has 0 saturated carbocycles. The Hall–Kier alpha value is -0.800. The van der Waals surface area contributed by atoms with Crippen molar-refractivity contribution in [2.75, 3.05) is 0 Å². The lowest BCUT2D eigenvalue weighted by Crippen LogP contribution is -2.30. The van der Waals surface area contributed by atoms with E-state index in [0.29, 0.717) is 11.8 Å².